The first-order valence-electron chi connectivity index (χ1n) is 11.4. The van der Waals surface area contributed by atoms with Crippen molar-refractivity contribution in [2.75, 3.05) is 43.0 Å². The van der Waals surface area contributed by atoms with E-state index in [-0.39, 0.29) is 36.5 Å². The van der Waals surface area contributed by atoms with Crippen LogP contribution in [0.15, 0.2) is 42.5 Å². The number of hydrogen-bond donors (Lipinski definition) is 1. The van der Waals surface area contributed by atoms with E-state index in [1.807, 2.05) is 42.2 Å². The molecule has 9 heteroatoms. The van der Waals surface area contributed by atoms with Crippen molar-refractivity contribution in [2.45, 2.75) is 25.7 Å². The van der Waals surface area contributed by atoms with Gasteiger partial charge >= 0.3 is 6.03 Å². The summed E-state index contributed by atoms with van der Waals surface area (Å²) in [7, 11) is -3.07. The maximum atomic E-state index is 13.1. The molecular weight excluding hydrogens is 452 g/mol. The van der Waals surface area contributed by atoms with E-state index >= 15 is 0 Å². The van der Waals surface area contributed by atoms with Crippen LogP contribution in [0.5, 0.6) is 0 Å². The third-order valence-corrected chi connectivity index (χ3v) is 8.26. The summed E-state index contributed by atoms with van der Waals surface area (Å²) in [4.78, 5) is 29.1. The summed E-state index contributed by atoms with van der Waals surface area (Å²) in [6, 6.07) is 14.7. The predicted molar refractivity (Wildman–Crippen MR) is 129 cm³/mol. The van der Waals surface area contributed by atoms with E-state index in [0.717, 1.165) is 18.4 Å². The van der Waals surface area contributed by atoms with Gasteiger partial charge in [-0.25, -0.2) is 13.2 Å². The predicted octanol–water partition coefficient (Wildman–Crippen LogP) is 3.15. The van der Waals surface area contributed by atoms with Crippen molar-refractivity contribution in [1.82, 2.24) is 9.80 Å². The molecule has 0 bridgehead atoms. The minimum atomic E-state index is -3.07. The first kappa shape index (κ1) is 23.8. The topological polar surface area (TPSA) is 111 Å². The molecule has 0 radical (unpaired) electrons. The van der Waals surface area contributed by atoms with Gasteiger partial charge in [0.15, 0.2) is 9.84 Å². The highest BCUT2D eigenvalue weighted by molar-refractivity contribution is 7.91. The van der Waals surface area contributed by atoms with Gasteiger partial charge in [-0.2, -0.15) is 5.26 Å². The fraction of sp³-hybridized carbons (Fsp3) is 0.400. The molecule has 0 atom stereocenters. The summed E-state index contributed by atoms with van der Waals surface area (Å²) < 4.78 is 23.2. The molecule has 0 unspecified atom stereocenters. The van der Waals surface area contributed by atoms with Gasteiger partial charge in [0, 0.05) is 37.4 Å². The molecule has 0 saturated carbocycles. The molecule has 0 aliphatic carbocycles. The number of hydrogen-bond acceptors (Lipinski definition) is 5. The number of carbonyl (C=O) groups excluding carboxylic acids is 2. The van der Waals surface area contributed by atoms with Gasteiger partial charge in [0.1, 0.15) is 0 Å². The van der Waals surface area contributed by atoms with E-state index in [1.165, 1.54) is 10.5 Å². The van der Waals surface area contributed by atoms with Crippen LogP contribution in [0.2, 0.25) is 0 Å². The van der Waals surface area contributed by atoms with Gasteiger partial charge in [-0.15, -0.1) is 0 Å². The number of sulfone groups is 1. The third-order valence-electron chi connectivity index (χ3n) is 6.65. The number of nitriles is 1. The Morgan fingerprint density at radius 1 is 0.971 bits per heavy atom. The normalized spacial score (nSPS) is 18.2. The Morgan fingerprint density at radius 2 is 1.62 bits per heavy atom. The van der Waals surface area contributed by atoms with Crippen LogP contribution >= 0.6 is 0 Å². The second-order valence-electron chi connectivity index (χ2n) is 8.90. The lowest BCUT2D eigenvalue weighted by molar-refractivity contribution is 0.0713. The number of likely N-dealkylation sites (tertiary alicyclic amines) is 1. The lowest BCUT2D eigenvalue weighted by atomic mass is 9.89. The van der Waals surface area contributed by atoms with Crippen molar-refractivity contribution in [2.24, 2.45) is 0 Å². The molecule has 0 spiro atoms. The van der Waals surface area contributed by atoms with Crippen molar-refractivity contribution in [1.29, 1.82) is 5.26 Å². The Hall–Kier alpha value is -3.38. The van der Waals surface area contributed by atoms with Crippen LogP contribution in [0.1, 0.15) is 45.8 Å². The number of piperidine rings is 1. The van der Waals surface area contributed by atoms with E-state index < -0.39 is 9.84 Å². The van der Waals surface area contributed by atoms with Crippen molar-refractivity contribution in [3.63, 3.8) is 0 Å². The molecule has 2 heterocycles. The Kier molecular flexibility index (Phi) is 6.89. The molecule has 178 valence electrons. The standard InChI is InChI=1S/C25H28N4O4S/c1-18-2-5-22(16-23(18)27-25(31)29-12-14-34(32,33)15-13-29)24(30)28-10-8-21(9-11-28)20-6-3-19(17-26)4-7-20/h2-7,16,21H,8-15H2,1H3,(H,27,31). The fourth-order valence-electron chi connectivity index (χ4n) is 4.43. The van der Waals surface area contributed by atoms with Crippen LogP contribution in [0.3, 0.4) is 0 Å². The average Bonchev–Trinajstić information content (AvgIpc) is 2.85. The summed E-state index contributed by atoms with van der Waals surface area (Å²) in [6.07, 6.45) is 1.70. The molecule has 2 fully saturated rings. The first-order chi connectivity index (χ1) is 16.3. The number of aryl methyl sites for hydroxylation is 1. The number of benzene rings is 2. The SMILES string of the molecule is Cc1ccc(C(=O)N2CCC(c3ccc(C#N)cc3)CC2)cc1NC(=O)N1CCS(=O)(=O)CC1. The second kappa shape index (κ2) is 9.85. The molecule has 34 heavy (non-hydrogen) atoms. The van der Waals surface area contributed by atoms with Crippen LogP contribution in [0.25, 0.3) is 0 Å². The average molecular weight is 481 g/mol. The molecular formula is C25H28N4O4S. The molecule has 2 aliphatic heterocycles. The number of rotatable bonds is 3. The Labute approximate surface area is 200 Å². The third kappa shape index (κ3) is 5.39. The minimum absolute atomic E-state index is 0.0314. The largest absolute Gasteiger partial charge is 0.339 e. The van der Waals surface area contributed by atoms with Gasteiger partial charge in [-0.3, -0.25) is 4.79 Å². The summed E-state index contributed by atoms with van der Waals surface area (Å²) in [5.41, 5.74) is 3.73. The van der Waals surface area contributed by atoms with Crippen molar-refractivity contribution in [3.05, 3.63) is 64.7 Å². The first-order valence-corrected chi connectivity index (χ1v) is 13.2. The molecule has 2 aliphatic rings. The summed E-state index contributed by atoms with van der Waals surface area (Å²) >= 11 is 0. The smallest absolute Gasteiger partial charge is 0.321 e. The van der Waals surface area contributed by atoms with Gasteiger partial charge in [-0.1, -0.05) is 18.2 Å². The monoisotopic (exact) mass is 480 g/mol. The lowest BCUT2D eigenvalue weighted by Crippen LogP contribution is -2.45. The summed E-state index contributed by atoms with van der Waals surface area (Å²) in [5.74, 6) is 0.225. The van der Waals surface area contributed by atoms with E-state index in [2.05, 4.69) is 11.4 Å². The number of nitrogens with one attached hydrogen (secondary N) is 1. The fourth-order valence-corrected chi connectivity index (χ4v) is 5.63. The van der Waals surface area contributed by atoms with Crippen molar-refractivity contribution in [3.8, 4) is 6.07 Å². The molecule has 2 aromatic rings. The molecule has 2 aromatic carbocycles. The van der Waals surface area contributed by atoms with Gasteiger partial charge < -0.3 is 15.1 Å². The molecule has 3 amide bonds. The van der Waals surface area contributed by atoms with Crippen LogP contribution < -0.4 is 5.32 Å². The second-order valence-corrected chi connectivity index (χ2v) is 11.2. The maximum Gasteiger partial charge on any atom is 0.321 e. The highest BCUT2D eigenvalue weighted by Gasteiger charge is 2.27. The Balaban J connectivity index is 1.38. The molecule has 2 saturated heterocycles. The van der Waals surface area contributed by atoms with E-state index in [4.69, 9.17) is 5.26 Å². The minimum Gasteiger partial charge on any atom is -0.339 e. The van der Waals surface area contributed by atoms with E-state index in [1.54, 1.807) is 12.1 Å². The van der Waals surface area contributed by atoms with Crippen LogP contribution in [0.4, 0.5) is 10.5 Å². The number of anilines is 1. The Bertz CT molecular complexity index is 1210. The zero-order valence-corrected chi connectivity index (χ0v) is 20.0. The van der Waals surface area contributed by atoms with Crippen LogP contribution in [-0.4, -0.2) is 67.8 Å². The van der Waals surface area contributed by atoms with E-state index in [9.17, 15) is 18.0 Å². The number of urea groups is 1. The molecule has 8 nitrogen and oxygen atoms in total. The zero-order chi connectivity index (χ0) is 24.3. The Morgan fingerprint density at radius 3 is 2.24 bits per heavy atom. The van der Waals surface area contributed by atoms with Gasteiger partial charge in [0.05, 0.1) is 23.1 Å². The highest BCUT2D eigenvalue weighted by Crippen LogP contribution is 2.29. The molecule has 0 aromatic heterocycles. The molecule has 1 N–H and O–H groups in total. The summed E-state index contributed by atoms with van der Waals surface area (Å²) in [6.45, 7) is 3.47. The number of amides is 3. The van der Waals surface area contributed by atoms with Crippen molar-refractivity contribution >= 4 is 27.5 Å². The molecule has 4 rings (SSSR count). The zero-order valence-electron chi connectivity index (χ0n) is 19.2. The summed E-state index contributed by atoms with van der Waals surface area (Å²) in [5, 5.41) is 11.8. The van der Waals surface area contributed by atoms with Gasteiger partial charge in [-0.05, 0) is 61.1 Å². The van der Waals surface area contributed by atoms with Gasteiger partial charge in [0.25, 0.3) is 5.91 Å². The number of nitrogens with zero attached hydrogens (tertiary/aromatic N) is 3. The van der Waals surface area contributed by atoms with Crippen molar-refractivity contribution < 1.29 is 18.0 Å². The quantitative estimate of drug-likeness (QED) is 0.726. The van der Waals surface area contributed by atoms with Crippen LogP contribution in [-0.2, 0) is 9.84 Å². The van der Waals surface area contributed by atoms with E-state index in [0.29, 0.717) is 35.8 Å². The lowest BCUT2D eigenvalue weighted by Gasteiger charge is -2.32. The maximum absolute atomic E-state index is 13.1. The van der Waals surface area contributed by atoms with Crippen LogP contribution in [0, 0.1) is 18.3 Å². The van der Waals surface area contributed by atoms with Gasteiger partial charge in [0.2, 0.25) is 0 Å². The number of carbonyl (C=O) groups is 2. The highest BCUT2D eigenvalue weighted by atomic mass is 32.2.